The molecule has 0 aliphatic heterocycles. The largest absolute Gasteiger partial charge is 0.326 e. The molecule has 0 atom stereocenters. The molecule has 2 N–H and O–H groups in total. The second-order valence-corrected chi connectivity index (χ2v) is 6.85. The Kier molecular flexibility index (Phi) is 2.80. The minimum absolute atomic E-state index is 0.452. The zero-order chi connectivity index (χ0) is 11.8. The van der Waals surface area contributed by atoms with Crippen LogP contribution >= 0.6 is 0 Å². The fraction of sp³-hybridized carbons (Fsp3) is 0.500. The molecule has 4 heteroatoms. The topological polar surface area (TPSA) is 60.2 Å². The summed E-state index contributed by atoms with van der Waals surface area (Å²) in [6.07, 6.45) is 3.79. The molecule has 0 saturated heterocycles. The molecule has 0 unspecified atom stereocenters. The van der Waals surface area contributed by atoms with Crippen molar-refractivity contribution in [3.8, 4) is 0 Å². The van der Waals surface area contributed by atoms with E-state index in [1.54, 1.807) is 0 Å². The second-order valence-electron chi connectivity index (χ2n) is 4.52. The zero-order valence-corrected chi connectivity index (χ0v) is 10.3. The van der Waals surface area contributed by atoms with Crippen molar-refractivity contribution >= 4 is 9.84 Å². The van der Waals surface area contributed by atoms with Gasteiger partial charge in [0.2, 0.25) is 0 Å². The van der Waals surface area contributed by atoms with Gasteiger partial charge in [-0.15, -0.1) is 0 Å². The van der Waals surface area contributed by atoms with Gasteiger partial charge in [-0.3, -0.25) is 0 Å². The van der Waals surface area contributed by atoms with Gasteiger partial charge in [0.05, 0.1) is 4.75 Å². The summed E-state index contributed by atoms with van der Waals surface area (Å²) >= 11 is 0. The molecule has 0 spiro atoms. The monoisotopic (exact) mass is 239 g/mol. The van der Waals surface area contributed by atoms with Crippen molar-refractivity contribution in [3.63, 3.8) is 0 Å². The van der Waals surface area contributed by atoms with Crippen molar-refractivity contribution in [3.05, 3.63) is 35.4 Å². The predicted octanol–water partition coefficient (Wildman–Crippen LogP) is 1.57. The van der Waals surface area contributed by atoms with E-state index in [1.807, 2.05) is 24.3 Å². The predicted molar refractivity (Wildman–Crippen MR) is 64.7 cm³/mol. The maximum absolute atomic E-state index is 11.9. The van der Waals surface area contributed by atoms with Crippen molar-refractivity contribution in [2.24, 2.45) is 5.73 Å². The quantitative estimate of drug-likeness (QED) is 0.871. The van der Waals surface area contributed by atoms with Crippen molar-refractivity contribution in [1.29, 1.82) is 0 Å². The molecule has 3 nitrogen and oxygen atoms in total. The van der Waals surface area contributed by atoms with Crippen LogP contribution in [0, 0.1) is 0 Å². The minimum Gasteiger partial charge on any atom is -0.326 e. The SMILES string of the molecule is CS(=O)(=O)C1(c2cccc(CN)c2)CCC1. The van der Waals surface area contributed by atoms with E-state index in [2.05, 4.69) is 0 Å². The molecular weight excluding hydrogens is 222 g/mol. The lowest BCUT2D eigenvalue weighted by atomic mass is 9.78. The third kappa shape index (κ3) is 1.66. The molecular formula is C12H17NO2S. The Balaban J connectivity index is 2.49. The van der Waals surface area contributed by atoms with Gasteiger partial charge in [-0.2, -0.15) is 0 Å². The summed E-state index contributed by atoms with van der Waals surface area (Å²) < 4.78 is 23.2. The minimum atomic E-state index is -3.05. The normalized spacial score (nSPS) is 19.1. The maximum Gasteiger partial charge on any atom is 0.157 e. The molecule has 1 aliphatic carbocycles. The van der Waals surface area contributed by atoms with Crippen LogP contribution < -0.4 is 5.73 Å². The van der Waals surface area contributed by atoms with E-state index < -0.39 is 14.6 Å². The Morgan fingerprint density at radius 3 is 2.50 bits per heavy atom. The standard InChI is InChI=1S/C12H17NO2S/c1-16(14,15)12(6-3-7-12)11-5-2-4-10(8-11)9-13/h2,4-5,8H,3,6-7,9,13H2,1H3. The van der Waals surface area contributed by atoms with Gasteiger partial charge in [0, 0.05) is 12.8 Å². The summed E-state index contributed by atoms with van der Waals surface area (Å²) in [5.74, 6) is 0. The number of hydrogen-bond donors (Lipinski definition) is 1. The molecule has 1 aromatic carbocycles. The number of benzene rings is 1. The first kappa shape index (κ1) is 11.6. The highest BCUT2D eigenvalue weighted by molar-refractivity contribution is 7.91. The smallest absolute Gasteiger partial charge is 0.157 e. The van der Waals surface area contributed by atoms with Crippen LogP contribution in [0.2, 0.25) is 0 Å². The fourth-order valence-corrected chi connectivity index (χ4v) is 3.94. The van der Waals surface area contributed by atoms with Gasteiger partial charge < -0.3 is 5.73 Å². The summed E-state index contributed by atoms with van der Waals surface area (Å²) in [6, 6.07) is 7.65. The number of rotatable bonds is 3. The molecule has 16 heavy (non-hydrogen) atoms. The highest BCUT2D eigenvalue weighted by Gasteiger charge is 2.47. The van der Waals surface area contributed by atoms with Crippen LogP contribution in [0.3, 0.4) is 0 Å². The molecule has 0 radical (unpaired) electrons. The molecule has 2 rings (SSSR count). The molecule has 1 aliphatic rings. The Labute approximate surface area is 96.6 Å². The van der Waals surface area contributed by atoms with Gasteiger partial charge >= 0.3 is 0 Å². The highest BCUT2D eigenvalue weighted by atomic mass is 32.2. The van der Waals surface area contributed by atoms with Gasteiger partial charge in [-0.25, -0.2) is 8.42 Å². The van der Waals surface area contributed by atoms with Crippen molar-refractivity contribution in [1.82, 2.24) is 0 Å². The van der Waals surface area contributed by atoms with Gasteiger partial charge in [-0.05, 0) is 30.4 Å². The number of nitrogens with two attached hydrogens (primary N) is 1. The zero-order valence-electron chi connectivity index (χ0n) is 9.44. The van der Waals surface area contributed by atoms with E-state index in [4.69, 9.17) is 5.73 Å². The average molecular weight is 239 g/mol. The molecule has 0 bridgehead atoms. The average Bonchev–Trinajstić information content (AvgIpc) is 2.14. The van der Waals surface area contributed by atoms with E-state index in [1.165, 1.54) is 6.26 Å². The van der Waals surface area contributed by atoms with Crippen LogP contribution in [0.4, 0.5) is 0 Å². The first-order valence-electron chi connectivity index (χ1n) is 5.49. The van der Waals surface area contributed by atoms with E-state index in [0.29, 0.717) is 6.54 Å². The Bertz CT molecular complexity index is 489. The van der Waals surface area contributed by atoms with Crippen molar-refractivity contribution < 1.29 is 8.42 Å². The van der Waals surface area contributed by atoms with Crippen LogP contribution in [0.15, 0.2) is 24.3 Å². The lowest BCUT2D eigenvalue weighted by Gasteiger charge is -2.40. The molecule has 1 fully saturated rings. The van der Waals surface area contributed by atoms with Crippen LogP contribution in [0.5, 0.6) is 0 Å². The van der Waals surface area contributed by atoms with Gasteiger partial charge in [0.25, 0.3) is 0 Å². The van der Waals surface area contributed by atoms with Crippen LogP contribution in [0.1, 0.15) is 30.4 Å². The molecule has 88 valence electrons. The molecule has 0 aromatic heterocycles. The summed E-state index contributed by atoms with van der Waals surface area (Å²) in [5, 5.41) is 0. The van der Waals surface area contributed by atoms with Crippen molar-refractivity contribution in [2.45, 2.75) is 30.6 Å². The summed E-state index contributed by atoms with van der Waals surface area (Å²) in [6.45, 7) is 0.452. The van der Waals surface area contributed by atoms with Gasteiger partial charge in [0.15, 0.2) is 9.84 Å². The molecule has 0 heterocycles. The van der Waals surface area contributed by atoms with E-state index >= 15 is 0 Å². The first-order valence-corrected chi connectivity index (χ1v) is 7.38. The maximum atomic E-state index is 11.9. The molecule has 1 saturated carbocycles. The van der Waals surface area contributed by atoms with Crippen LogP contribution in [-0.4, -0.2) is 14.7 Å². The van der Waals surface area contributed by atoms with E-state index in [9.17, 15) is 8.42 Å². The lowest BCUT2D eigenvalue weighted by Crippen LogP contribution is -2.41. The summed E-state index contributed by atoms with van der Waals surface area (Å²) in [7, 11) is -3.05. The molecule has 1 aromatic rings. The van der Waals surface area contributed by atoms with E-state index in [-0.39, 0.29) is 0 Å². The fourth-order valence-electron chi connectivity index (χ4n) is 2.35. The lowest BCUT2D eigenvalue weighted by molar-refractivity contribution is 0.346. The third-order valence-corrected chi connectivity index (χ3v) is 5.62. The Morgan fingerprint density at radius 1 is 1.38 bits per heavy atom. The summed E-state index contributed by atoms with van der Waals surface area (Å²) in [5.41, 5.74) is 7.48. The molecule has 0 amide bonds. The second kappa shape index (κ2) is 3.86. The number of sulfone groups is 1. The van der Waals surface area contributed by atoms with Crippen LogP contribution in [-0.2, 0) is 21.1 Å². The number of hydrogen-bond acceptors (Lipinski definition) is 3. The highest BCUT2D eigenvalue weighted by Crippen LogP contribution is 2.47. The van der Waals surface area contributed by atoms with Gasteiger partial charge in [-0.1, -0.05) is 24.3 Å². The Morgan fingerprint density at radius 2 is 2.06 bits per heavy atom. The summed E-state index contributed by atoms with van der Waals surface area (Å²) in [4.78, 5) is 0. The van der Waals surface area contributed by atoms with Crippen molar-refractivity contribution in [2.75, 3.05) is 6.26 Å². The van der Waals surface area contributed by atoms with E-state index in [0.717, 1.165) is 30.4 Å². The first-order chi connectivity index (χ1) is 7.49. The van der Waals surface area contributed by atoms with Crippen LogP contribution in [0.25, 0.3) is 0 Å². The Hall–Kier alpha value is -0.870. The third-order valence-electron chi connectivity index (χ3n) is 3.56. The van der Waals surface area contributed by atoms with Gasteiger partial charge in [0.1, 0.15) is 0 Å².